The number of halogens is 3. The molecule has 6 heteroatoms. The molecule has 1 amide bonds. The second kappa shape index (κ2) is 7.43. The Kier molecular flexibility index (Phi) is 5.59. The lowest BCUT2D eigenvalue weighted by Crippen LogP contribution is -2.13. The summed E-state index contributed by atoms with van der Waals surface area (Å²) in [4.78, 5) is 12.7. The van der Waals surface area contributed by atoms with Crippen LogP contribution in [-0.4, -0.2) is 11.7 Å². The first kappa shape index (κ1) is 15.8. The summed E-state index contributed by atoms with van der Waals surface area (Å²) >= 11 is 7.15. The lowest BCUT2D eigenvalue weighted by atomic mass is 10.2. The van der Waals surface area contributed by atoms with Gasteiger partial charge in [-0.25, -0.2) is 8.78 Å². The second-order valence-corrected chi connectivity index (χ2v) is 5.70. The van der Waals surface area contributed by atoms with Gasteiger partial charge in [-0.2, -0.15) is 0 Å². The maximum Gasteiger partial charge on any atom is 0.263 e. The molecule has 0 heterocycles. The average Bonchev–Trinajstić information content (AvgIpc) is 2.47. The van der Waals surface area contributed by atoms with Crippen molar-refractivity contribution in [1.29, 1.82) is 0 Å². The molecular weight excluding hydrogens is 316 g/mol. The molecule has 0 fully saturated rings. The molecule has 110 valence electrons. The molecule has 0 aliphatic heterocycles. The van der Waals surface area contributed by atoms with Crippen LogP contribution in [0.15, 0.2) is 53.4 Å². The van der Waals surface area contributed by atoms with Gasteiger partial charge in [0.2, 0.25) is 5.91 Å². The number of nitrogens with one attached hydrogen (secondary N) is 1. The molecule has 0 radical (unpaired) electrons. The number of carbonyl (C=O) groups is 1. The Morgan fingerprint density at radius 3 is 2.29 bits per heavy atom. The molecule has 21 heavy (non-hydrogen) atoms. The minimum Gasteiger partial charge on any atom is -0.325 e. The second-order valence-electron chi connectivity index (χ2n) is 4.21. The van der Waals surface area contributed by atoms with Crippen LogP contribution in [-0.2, 0) is 4.79 Å². The lowest BCUT2D eigenvalue weighted by molar-refractivity contribution is -0.113. The number of rotatable bonds is 5. The smallest absolute Gasteiger partial charge is 0.263 e. The summed E-state index contributed by atoms with van der Waals surface area (Å²) < 4.78 is 24.8. The van der Waals surface area contributed by atoms with E-state index in [-0.39, 0.29) is 17.2 Å². The third kappa shape index (κ3) is 5.02. The van der Waals surface area contributed by atoms with E-state index in [1.165, 1.54) is 36.0 Å². The normalized spacial score (nSPS) is 10.7. The van der Waals surface area contributed by atoms with Gasteiger partial charge in [0.25, 0.3) is 6.43 Å². The fraction of sp³-hybridized carbons (Fsp3) is 0.133. The first-order valence-electron chi connectivity index (χ1n) is 6.11. The van der Waals surface area contributed by atoms with Crippen molar-refractivity contribution in [3.63, 3.8) is 0 Å². The number of anilines is 1. The summed E-state index contributed by atoms with van der Waals surface area (Å²) in [5.74, 6) is 0.0397. The third-order valence-electron chi connectivity index (χ3n) is 2.63. The van der Waals surface area contributed by atoms with Gasteiger partial charge in [-0.05, 0) is 36.4 Å². The first-order valence-corrected chi connectivity index (χ1v) is 7.47. The molecule has 0 atom stereocenters. The molecule has 2 aromatic rings. The van der Waals surface area contributed by atoms with Crippen molar-refractivity contribution in [1.82, 2.24) is 0 Å². The van der Waals surface area contributed by atoms with Crippen molar-refractivity contribution in [2.24, 2.45) is 0 Å². The highest BCUT2D eigenvalue weighted by Gasteiger charge is 2.07. The van der Waals surface area contributed by atoms with Crippen LogP contribution in [0.4, 0.5) is 14.5 Å². The van der Waals surface area contributed by atoms with Gasteiger partial charge in [-0.1, -0.05) is 23.7 Å². The number of benzene rings is 2. The maximum atomic E-state index is 12.4. The van der Waals surface area contributed by atoms with Crippen LogP contribution >= 0.6 is 23.4 Å². The van der Waals surface area contributed by atoms with E-state index in [1.807, 2.05) is 12.1 Å². The standard InChI is InChI=1S/C15H12ClF2NOS/c16-11-3-7-13(8-4-11)21-9-14(20)19-12-5-1-10(2-6-12)15(17)18/h1-8,15H,9H2,(H,19,20). The predicted octanol–water partition coefficient (Wildman–Crippen LogP) is 5.01. The zero-order chi connectivity index (χ0) is 15.2. The van der Waals surface area contributed by atoms with Gasteiger partial charge >= 0.3 is 0 Å². The van der Waals surface area contributed by atoms with Crippen LogP contribution in [0.1, 0.15) is 12.0 Å². The van der Waals surface area contributed by atoms with Gasteiger partial charge in [0, 0.05) is 21.2 Å². The Morgan fingerprint density at radius 2 is 1.71 bits per heavy atom. The number of amides is 1. The van der Waals surface area contributed by atoms with E-state index < -0.39 is 6.43 Å². The van der Waals surface area contributed by atoms with Crippen LogP contribution in [0, 0.1) is 0 Å². The molecule has 2 nitrogen and oxygen atoms in total. The van der Waals surface area contributed by atoms with Crippen LogP contribution < -0.4 is 5.32 Å². The average molecular weight is 328 g/mol. The van der Waals surface area contributed by atoms with Crippen molar-refractivity contribution < 1.29 is 13.6 Å². The Hall–Kier alpha value is -1.59. The van der Waals surface area contributed by atoms with Gasteiger partial charge in [-0.15, -0.1) is 11.8 Å². The Balaban J connectivity index is 1.85. The molecule has 2 rings (SSSR count). The molecule has 0 spiro atoms. The number of hydrogen-bond acceptors (Lipinski definition) is 2. The number of thioether (sulfide) groups is 1. The fourth-order valence-electron chi connectivity index (χ4n) is 1.59. The minimum atomic E-state index is -2.50. The maximum absolute atomic E-state index is 12.4. The third-order valence-corrected chi connectivity index (χ3v) is 3.89. The van der Waals surface area contributed by atoms with Crippen LogP contribution in [0.2, 0.25) is 5.02 Å². The highest BCUT2D eigenvalue weighted by Crippen LogP contribution is 2.22. The molecule has 0 aliphatic rings. The highest BCUT2D eigenvalue weighted by molar-refractivity contribution is 8.00. The van der Waals surface area contributed by atoms with Crippen molar-refractivity contribution in [3.05, 3.63) is 59.1 Å². The molecule has 0 saturated heterocycles. The van der Waals surface area contributed by atoms with Gasteiger partial charge in [0.15, 0.2) is 0 Å². The van der Waals surface area contributed by atoms with Crippen LogP contribution in [0.3, 0.4) is 0 Å². The summed E-state index contributed by atoms with van der Waals surface area (Å²) in [5.41, 5.74) is 0.435. The first-order chi connectivity index (χ1) is 10.0. The molecule has 1 N–H and O–H groups in total. The van der Waals surface area contributed by atoms with E-state index in [0.717, 1.165) is 4.90 Å². The Morgan fingerprint density at radius 1 is 1.10 bits per heavy atom. The summed E-state index contributed by atoms with van der Waals surface area (Å²) in [7, 11) is 0. The number of carbonyl (C=O) groups excluding carboxylic acids is 1. The van der Waals surface area contributed by atoms with Crippen molar-refractivity contribution in [2.75, 3.05) is 11.1 Å². The largest absolute Gasteiger partial charge is 0.325 e. The zero-order valence-corrected chi connectivity index (χ0v) is 12.4. The quantitative estimate of drug-likeness (QED) is 0.782. The summed E-state index contributed by atoms with van der Waals surface area (Å²) in [6, 6.07) is 12.7. The van der Waals surface area contributed by atoms with E-state index in [2.05, 4.69) is 5.32 Å². The van der Waals surface area contributed by atoms with Gasteiger partial charge in [-0.3, -0.25) is 4.79 Å². The molecule has 0 saturated carbocycles. The zero-order valence-electron chi connectivity index (χ0n) is 10.9. The summed E-state index contributed by atoms with van der Waals surface area (Å²) in [6.07, 6.45) is -2.50. The van der Waals surface area contributed by atoms with E-state index in [9.17, 15) is 13.6 Å². The predicted molar refractivity (Wildman–Crippen MR) is 82.2 cm³/mol. The van der Waals surface area contributed by atoms with E-state index in [0.29, 0.717) is 10.7 Å². The topological polar surface area (TPSA) is 29.1 Å². The molecule has 0 aromatic heterocycles. The Labute approximate surface area is 130 Å². The molecule has 0 bridgehead atoms. The summed E-state index contributed by atoms with van der Waals surface area (Å²) in [5, 5.41) is 3.30. The van der Waals surface area contributed by atoms with Crippen LogP contribution in [0.5, 0.6) is 0 Å². The van der Waals surface area contributed by atoms with E-state index >= 15 is 0 Å². The monoisotopic (exact) mass is 327 g/mol. The Bertz CT molecular complexity index is 602. The number of hydrogen-bond donors (Lipinski definition) is 1. The molecule has 2 aromatic carbocycles. The molecule has 0 unspecified atom stereocenters. The lowest BCUT2D eigenvalue weighted by Gasteiger charge is -2.06. The van der Waals surface area contributed by atoms with Crippen molar-refractivity contribution >= 4 is 35.0 Å². The SMILES string of the molecule is O=C(CSc1ccc(Cl)cc1)Nc1ccc(C(F)F)cc1. The molecular formula is C15H12ClF2NOS. The number of alkyl halides is 2. The van der Waals surface area contributed by atoms with E-state index in [1.54, 1.807) is 12.1 Å². The van der Waals surface area contributed by atoms with Crippen molar-refractivity contribution in [3.8, 4) is 0 Å². The van der Waals surface area contributed by atoms with Gasteiger partial charge < -0.3 is 5.32 Å². The fourth-order valence-corrected chi connectivity index (χ4v) is 2.41. The molecule has 0 aliphatic carbocycles. The highest BCUT2D eigenvalue weighted by atomic mass is 35.5. The van der Waals surface area contributed by atoms with Gasteiger partial charge in [0.05, 0.1) is 5.75 Å². The minimum absolute atomic E-state index is 0.0662. The van der Waals surface area contributed by atoms with Gasteiger partial charge in [0.1, 0.15) is 0 Å². The van der Waals surface area contributed by atoms with Crippen molar-refractivity contribution in [2.45, 2.75) is 11.3 Å². The van der Waals surface area contributed by atoms with Crippen LogP contribution in [0.25, 0.3) is 0 Å². The van der Waals surface area contributed by atoms with E-state index in [4.69, 9.17) is 11.6 Å². The summed E-state index contributed by atoms with van der Waals surface area (Å²) in [6.45, 7) is 0.